The van der Waals surface area contributed by atoms with E-state index < -0.39 is 0 Å². The molecule has 0 radical (unpaired) electrons. The Morgan fingerprint density at radius 1 is 1.15 bits per heavy atom. The second-order valence-electron chi connectivity index (χ2n) is 7.68. The van der Waals surface area contributed by atoms with Crippen molar-refractivity contribution < 1.29 is 4.74 Å². The number of hydrogen-bond donors (Lipinski definition) is 4. The first-order chi connectivity index (χ1) is 16.4. The second-order valence-corrected chi connectivity index (χ2v) is 7.68. The summed E-state index contributed by atoms with van der Waals surface area (Å²) >= 11 is 0. The molecule has 3 aromatic heterocycles. The van der Waals surface area contributed by atoms with Gasteiger partial charge in [-0.25, -0.2) is 4.98 Å². The van der Waals surface area contributed by atoms with Crippen molar-refractivity contribution in [2.24, 2.45) is 22.2 Å². The van der Waals surface area contributed by atoms with Crippen LogP contribution >= 0.6 is 0 Å². The minimum absolute atomic E-state index is 0.0695. The quantitative estimate of drug-likeness (QED) is 0.214. The number of anilines is 2. The molecule has 3 heterocycles. The number of nitrogens with one attached hydrogen (secondary N) is 1. The molecule has 10 heteroatoms. The third kappa shape index (κ3) is 6.28. The van der Waals surface area contributed by atoms with Crippen molar-refractivity contribution in [2.75, 3.05) is 19.0 Å². The summed E-state index contributed by atoms with van der Waals surface area (Å²) in [5.41, 5.74) is 21.7. The molecule has 3 aromatic rings. The Morgan fingerprint density at radius 3 is 2.71 bits per heavy atom. The number of ether oxygens (including phenoxy) is 1. The lowest BCUT2D eigenvalue weighted by Crippen LogP contribution is -2.13. The Morgan fingerprint density at radius 2 is 1.97 bits per heavy atom. The molecule has 0 aliphatic carbocycles. The lowest BCUT2D eigenvalue weighted by Gasteiger charge is -2.11. The SMILES string of the molecule is CN=CC(=C(N)CO/C(N)=C/C=C\N)c1cnc2ccc(Nc3cc(C(C)C)cnn3)nc2c1. The van der Waals surface area contributed by atoms with Gasteiger partial charge < -0.3 is 27.3 Å². The average Bonchev–Trinajstić information content (AvgIpc) is 2.84. The largest absolute Gasteiger partial charge is 0.473 e. The standard InChI is InChI=1S/C24H29N9O/c1-15(2)16-10-24(33-30-12-16)32-23-7-6-20-21(31-23)9-17(11-29-20)18(13-28-3)19(26)14-34-22(27)5-4-8-25/h4-13,15H,14,25-27H2,1-3H3,(H,31,32,33)/b8-4-,19-18?,22-5+,28-13?. The van der Waals surface area contributed by atoms with Crippen LogP contribution in [0.1, 0.15) is 30.9 Å². The minimum Gasteiger partial charge on any atom is -0.473 e. The van der Waals surface area contributed by atoms with Crippen LogP contribution in [0.3, 0.4) is 0 Å². The maximum Gasteiger partial charge on any atom is 0.184 e. The van der Waals surface area contributed by atoms with E-state index >= 15 is 0 Å². The zero-order valence-corrected chi connectivity index (χ0v) is 19.4. The van der Waals surface area contributed by atoms with Crippen molar-refractivity contribution in [3.8, 4) is 0 Å². The molecule has 3 rings (SSSR count). The van der Waals surface area contributed by atoms with E-state index in [0.29, 0.717) is 34.3 Å². The molecule has 0 unspecified atom stereocenters. The summed E-state index contributed by atoms with van der Waals surface area (Å²) in [6, 6.07) is 7.58. The van der Waals surface area contributed by atoms with E-state index in [0.717, 1.165) is 16.6 Å². The molecule has 0 atom stereocenters. The van der Waals surface area contributed by atoms with Gasteiger partial charge in [0.05, 0.1) is 22.9 Å². The molecule has 10 nitrogen and oxygen atoms in total. The first-order valence-corrected chi connectivity index (χ1v) is 10.7. The van der Waals surface area contributed by atoms with E-state index in [4.69, 9.17) is 21.9 Å². The van der Waals surface area contributed by atoms with Crippen LogP contribution in [0.15, 0.2) is 71.6 Å². The molecule has 0 saturated heterocycles. The van der Waals surface area contributed by atoms with Gasteiger partial charge in [0.2, 0.25) is 0 Å². The number of pyridine rings is 2. The normalized spacial score (nSPS) is 13.1. The van der Waals surface area contributed by atoms with E-state index in [1.807, 2.05) is 24.3 Å². The zero-order valence-electron chi connectivity index (χ0n) is 19.4. The second kappa shape index (κ2) is 11.4. The molecular formula is C24H29N9O. The van der Waals surface area contributed by atoms with Gasteiger partial charge in [-0.1, -0.05) is 13.8 Å². The molecule has 0 saturated carbocycles. The van der Waals surface area contributed by atoms with Gasteiger partial charge in [-0.3, -0.25) is 9.98 Å². The molecular weight excluding hydrogens is 430 g/mol. The number of nitrogens with two attached hydrogens (primary N) is 3. The molecule has 0 amide bonds. The fraction of sp³-hybridized carbons (Fsp3) is 0.208. The fourth-order valence-electron chi connectivity index (χ4n) is 3.02. The average molecular weight is 460 g/mol. The Balaban J connectivity index is 1.90. The van der Waals surface area contributed by atoms with Crippen molar-refractivity contribution in [2.45, 2.75) is 19.8 Å². The maximum absolute atomic E-state index is 6.29. The van der Waals surface area contributed by atoms with Crippen molar-refractivity contribution in [1.82, 2.24) is 20.2 Å². The van der Waals surface area contributed by atoms with Crippen LogP contribution in [0.2, 0.25) is 0 Å². The molecule has 0 aliphatic rings. The van der Waals surface area contributed by atoms with Crippen molar-refractivity contribution in [3.05, 3.63) is 77.7 Å². The third-order valence-corrected chi connectivity index (χ3v) is 4.82. The predicted octanol–water partition coefficient (Wildman–Crippen LogP) is 2.95. The number of hydrogen-bond acceptors (Lipinski definition) is 10. The number of fused-ring (bicyclic) bond motifs is 1. The van der Waals surface area contributed by atoms with Gasteiger partial charge in [0.15, 0.2) is 11.7 Å². The molecule has 0 bridgehead atoms. The Kier molecular flexibility index (Phi) is 8.11. The summed E-state index contributed by atoms with van der Waals surface area (Å²) in [4.78, 5) is 13.3. The molecule has 0 fully saturated rings. The van der Waals surface area contributed by atoms with Gasteiger partial charge in [0.25, 0.3) is 0 Å². The van der Waals surface area contributed by atoms with Gasteiger partial charge in [-0.2, -0.15) is 5.10 Å². The van der Waals surface area contributed by atoms with Gasteiger partial charge >= 0.3 is 0 Å². The van der Waals surface area contributed by atoms with Crippen molar-refractivity contribution in [3.63, 3.8) is 0 Å². The summed E-state index contributed by atoms with van der Waals surface area (Å²) in [5.74, 6) is 1.78. The summed E-state index contributed by atoms with van der Waals surface area (Å²) in [6.45, 7) is 4.27. The van der Waals surface area contributed by atoms with Crippen LogP contribution in [0.4, 0.5) is 11.6 Å². The Bertz CT molecular complexity index is 1260. The lowest BCUT2D eigenvalue weighted by atomic mass is 10.1. The maximum atomic E-state index is 6.29. The third-order valence-electron chi connectivity index (χ3n) is 4.82. The Labute approximate surface area is 198 Å². The topological polar surface area (TPSA) is 163 Å². The van der Waals surface area contributed by atoms with Crippen LogP contribution in [-0.4, -0.2) is 40.0 Å². The molecule has 34 heavy (non-hydrogen) atoms. The number of allylic oxidation sites excluding steroid dienone is 3. The monoisotopic (exact) mass is 459 g/mol. The molecule has 0 aromatic carbocycles. The highest BCUT2D eigenvalue weighted by atomic mass is 16.5. The number of rotatable bonds is 9. The lowest BCUT2D eigenvalue weighted by molar-refractivity contribution is 0.236. The number of nitrogens with zero attached hydrogens (tertiary/aromatic N) is 5. The van der Waals surface area contributed by atoms with Crippen LogP contribution in [0, 0.1) is 0 Å². The van der Waals surface area contributed by atoms with Gasteiger partial charge in [-0.05, 0) is 54.1 Å². The molecule has 7 N–H and O–H groups in total. The van der Waals surface area contributed by atoms with E-state index in [-0.39, 0.29) is 12.5 Å². The summed E-state index contributed by atoms with van der Waals surface area (Å²) < 4.78 is 5.48. The van der Waals surface area contributed by atoms with Crippen LogP contribution in [0.25, 0.3) is 16.6 Å². The molecule has 176 valence electrons. The van der Waals surface area contributed by atoms with E-state index in [1.54, 1.807) is 31.7 Å². The van der Waals surface area contributed by atoms with Crippen molar-refractivity contribution >= 4 is 34.5 Å². The van der Waals surface area contributed by atoms with Gasteiger partial charge in [0.1, 0.15) is 12.4 Å². The first kappa shape index (κ1) is 24.2. The zero-order chi connectivity index (χ0) is 24.5. The number of aromatic nitrogens is 4. The predicted molar refractivity (Wildman–Crippen MR) is 136 cm³/mol. The van der Waals surface area contributed by atoms with Crippen LogP contribution in [-0.2, 0) is 4.74 Å². The van der Waals surface area contributed by atoms with E-state index in [2.05, 4.69) is 44.3 Å². The summed E-state index contributed by atoms with van der Waals surface area (Å²) in [5, 5.41) is 11.4. The fourth-order valence-corrected chi connectivity index (χ4v) is 3.02. The van der Waals surface area contributed by atoms with Crippen LogP contribution < -0.4 is 22.5 Å². The van der Waals surface area contributed by atoms with Crippen molar-refractivity contribution in [1.29, 1.82) is 0 Å². The van der Waals surface area contributed by atoms with E-state index in [9.17, 15) is 0 Å². The highest BCUT2D eigenvalue weighted by Crippen LogP contribution is 2.22. The van der Waals surface area contributed by atoms with Gasteiger partial charge in [0, 0.05) is 30.6 Å². The minimum atomic E-state index is 0.0695. The summed E-state index contributed by atoms with van der Waals surface area (Å²) in [6.07, 6.45) is 9.59. The first-order valence-electron chi connectivity index (χ1n) is 10.7. The van der Waals surface area contributed by atoms with Gasteiger partial charge in [-0.15, -0.1) is 5.10 Å². The highest BCUT2D eigenvalue weighted by molar-refractivity contribution is 6.11. The smallest absolute Gasteiger partial charge is 0.184 e. The van der Waals surface area contributed by atoms with Crippen LogP contribution in [0.5, 0.6) is 0 Å². The molecule has 0 spiro atoms. The molecule has 0 aliphatic heterocycles. The Hall–Kier alpha value is -4.47. The highest BCUT2D eigenvalue weighted by Gasteiger charge is 2.10. The summed E-state index contributed by atoms with van der Waals surface area (Å²) in [7, 11) is 1.66. The number of aliphatic imine (C=N–C) groups is 1. The van der Waals surface area contributed by atoms with E-state index in [1.165, 1.54) is 12.3 Å².